The SMILES string of the molecule is CNC(C)C(=O)NC1CN(C(=O)c2ccc(C)cc2)c2ccccc2N(Cc2c(OC)ccc3c(Br)cccc23)C1=O. The van der Waals surface area contributed by atoms with Crippen molar-refractivity contribution in [2.45, 2.75) is 32.5 Å². The molecule has 0 saturated heterocycles. The number of nitrogens with zero attached hydrogens (tertiary/aromatic N) is 2. The van der Waals surface area contributed by atoms with Gasteiger partial charge in [0.15, 0.2) is 0 Å². The molecule has 8 nitrogen and oxygen atoms in total. The molecule has 42 heavy (non-hydrogen) atoms. The number of hydrogen-bond donors (Lipinski definition) is 2. The summed E-state index contributed by atoms with van der Waals surface area (Å²) in [7, 11) is 3.28. The molecule has 0 saturated carbocycles. The maximum absolute atomic E-state index is 14.4. The first kappa shape index (κ1) is 29.3. The Labute approximate surface area is 253 Å². The fourth-order valence-corrected chi connectivity index (χ4v) is 5.70. The summed E-state index contributed by atoms with van der Waals surface area (Å²) in [5.74, 6) is -0.291. The number of methoxy groups -OCH3 is 1. The molecule has 2 atom stereocenters. The van der Waals surface area contributed by atoms with E-state index in [1.807, 2.05) is 73.7 Å². The summed E-state index contributed by atoms with van der Waals surface area (Å²) in [5.41, 5.74) is 3.48. The van der Waals surface area contributed by atoms with Crippen LogP contribution in [-0.2, 0) is 16.1 Å². The van der Waals surface area contributed by atoms with E-state index in [4.69, 9.17) is 4.74 Å². The van der Waals surface area contributed by atoms with E-state index >= 15 is 0 Å². The van der Waals surface area contributed by atoms with Crippen LogP contribution in [0, 0.1) is 6.92 Å². The third-order valence-corrected chi connectivity index (χ3v) is 8.38. The smallest absolute Gasteiger partial charge is 0.258 e. The molecule has 1 aliphatic rings. The molecule has 1 aliphatic heterocycles. The van der Waals surface area contributed by atoms with Gasteiger partial charge in [0.05, 0.1) is 37.6 Å². The zero-order valence-corrected chi connectivity index (χ0v) is 25.6. The van der Waals surface area contributed by atoms with Gasteiger partial charge in [0.2, 0.25) is 5.91 Å². The van der Waals surface area contributed by atoms with Crippen molar-refractivity contribution in [3.63, 3.8) is 0 Å². The van der Waals surface area contributed by atoms with Crippen molar-refractivity contribution in [3.8, 4) is 5.75 Å². The number of carbonyl (C=O) groups is 3. The molecule has 1 heterocycles. The van der Waals surface area contributed by atoms with Gasteiger partial charge in [-0.05, 0) is 74.1 Å². The van der Waals surface area contributed by atoms with E-state index in [1.165, 1.54) is 0 Å². The molecule has 0 aromatic heterocycles. The van der Waals surface area contributed by atoms with E-state index in [1.54, 1.807) is 43.0 Å². The Kier molecular flexibility index (Phi) is 8.61. The molecular formula is C33H33BrN4O4. The fourth-order valence-electron chi connectivity index (χ4n) is 5.20. The average Bonchev–Trinajstić information content (AvgIpc) is 3.11. The van der Waals surface area contributed by atoms with Gasteiger partial charge in [0, 0.05) is 15.6 Å². The molecule has 2 unspecified atom stereocenters. The Morgan fingerprint density at radius 1 is 0.976 bits per heavy atom. The van der Waals surface area contributed by atoms with Crippen LogP contribution in [0.5, 0.6) is 5.75 Å². The van der Waals surface area contributed by atoms with E-state index < -0.39 is 12.1 Å². The maximum atomic E-state index is 14.4. The normalized spacial score (nSPS) is 15.6. The summed E-state index contributed by atoms with van der Waals surface area (Å²) in [6.45, 7) is 3.81. The summed E-state index contributed by atoms with van der Waals surface area (Å²) in [6.07, 6.45) is 0. The molecular weight excluding hydrogens is 596 g/mol. The lowest BCUT2D eigenvalue weighted by atomic mass is 10.0. The molecule has 0 radical (unpaired) electrons. The van der Waals surface area contributed by atoms with Crippen LogP contribution in [0.15, 0.2) is 83.3 Å². The maximum Gasteiger partial charge on any atom is 0.258 e. The summed E-state index contributed by atoms with van der Waals surface area (Å²) < 4.78 is 6.68. The molecule has 4 aromatic carbocycles. The van der Waals surface area contributed by atoms with Crippen molar-refractivity contribution >= 4 is 55.8 Å². The number of anilines is 2. The van der Waals surface area contributed by atoms with Crippen molar-refractivity contribution < 1.29 is 19.1 Å². The molecule has 3 amide bonds. The van der Waals surface area contributed by atoms with Crippen molar-refractivity contribution in [2.75, 3.05) is 30.5 Å². The standard InChI is InChI=1S/C33H33BrN4O4/c1-20-12-14-22(15-13-20)32(40)38-19-27(36-31(39)21(2)35-3)33(41)37(28-10-5-6-11-29(28)38)18-25-23-8-7-9-26(34)24(23)16-17-30(25)42-4/h5-17,21,27,35H,18-19H2,1-4H3,(H,36,39). The van der Waals surface area contributed by atoms with E-state index in [-0.39, 0.29) is 30.8 Å². The molecule has 2 N–H and O–H groups in total. The number of likely N-dealkylation sites (N-methyl/N-ethyl adjacent to an activating group) is 1. The first-order chi connectivity index (χ1) is 20.2. The number of amides is 3. The number of aryl methyl sites for hydroxylation is 1. The van der Waals surface area contributed by atoms with Crippen molar-refractivity contribution in [2.24, 2.45) is 0 Å². The number of rotatable bonds is 7. The van der Waals surface area contributed by atoms with Gasteiger partial charge in [-0.3, -0.25) is 14.4 Å². The van der Waals surface area contributed by atoms with Crippen LogP contribution in [0.1, 0.15) is 28.4 Å². The molecule has 0 fully saturated rings. The van der Waals surface area contributed by atoms with Gasteiger partial charge < -0.3 is 25.2 Å². The predicted molar refractivity (Wildman–Crippen MR) is 169 cm³/mol. The number of halogens is 1. The highest BCUT2D eigenvalue weighted by atomic mass is 79.9. The van der Waals surface area contributed by atoms with Crippen LogP contribution in [0.3, 0.4) is 0 Å². The van der Waals surface area contributed by atoms with Gasteiger partial charge in [0.1, 0.15) is 11.8 Å². The Morgan fingerprint density at radius 3 is 2.38 bits per heavy atom. The van der Waals surface area contributed by atoms with Crippen molar-refractivity contribution in [1.82, 2.24) is 10.6 Å². The van der Waals surface area contributed by atoms with E-state index in [2.05, 4.69) is 26.6 Å². The van der Waals surface area contributed by atoms with Crippen LogP contribution >= 0.6 is 15.9 Å². The van der Waals surface area contributed by atoms with Gasteiger partial charge in [0.25, 0.3) is 11.8 Å². The molecule has 216 valence electrons. The monoisotopic (exact) mass is 628 g/mol. The quantitative estimate of drug-likeness (QED) is 0.293. The number of fused-ring (bicyclic) bond motifs is 2. The van der Waals surface area contributed by atoms with Gasteiger partial charge >= 0.3 is 0 Å². The fraction of sp³-hybridized carbons (Fsp3) is 0.242. The number of benzene rings is 4. The summed E-state index contributed by atoms with van der Waals surface area (Å²) >= 11 is 3.64. The summed E-state index contributed by atoms with van der Waals surface area (Å²) in [6, 6.07) is 22.9. The Bertz CT molecular complexity index is 1660. The van der Waals surface area contributed by atoms with Gasteiger partial charge in [-0.25, -0.2) is 0 Å². The van der Waals surface area contributed by atoms with Crippen molar-refractivity contribution in [1.29, 1.82) is 0 Å². The van der Waals surface area contributed by atoms with Crippen molar-refractivity contribution in [3.05, 3.63) is 100 Å². The van der Waals surface area contributed by atoms with Crippen LogP contribution in [0.4, 0.5) is 11.4 Å². The Morgan fingerprint density at radius 2 is 1.69 bits per heavy atom. The number of carbonyl (C=O) groups excluding carboxylic acids is 3. The van der Waals surface area contributed by atoms with Gasteiger partial charge in [-0.1, -0.05) is 57.9 Å². The minimum absolute atomic E-state index is 0.0283. The first-order valence-electron chi connectivity index (χ1n) is 13.7. The number of para-hydroxylation sites is 2. The molecule has 9 heteroatoms. The molecule has 0 spiro atoms. The molecule has 5 rings (SSSR count). The van der Waals surface area contributed by atoms with Crippen LogP contribution in [0.25, 0.3) is 10.8 Å². The van der Waals surface area contributed by atoms with Crippen LogP contribution in [0.2, 0.25) is 0 Å². The highest BCUT2D eigenvalue weighted by molar-refractivity contribution is 9.10. The highest BCUT2D eigenvalue weighted by Gasteiger charge is 2.38. The number of nitrogens with one attached hydrogen (secondary N) is 2. The average molecular weight is 630 g/mol. The number of hydrogen-bond acceptors (Lipinski definition) is 5. The largest absolute Gasteiger partial charge is 0.496 e. The van der Waals surface area contributed by atoms with Crippen LogP contribution < -0.4 is 25.2 Å². The topological polar surface area (TPSA) is 91.0 Å². The first-order valence-corrected chi connectivity index (χ1v) is 14.5. The van der Waals surface area contributed by atoms with E-state index in [0.717, 1.165) is 26.4 Å². The lowest BCUT2D eigenvalue weighted by molar-refractivity contribution is -0.128. The summed E-state index contributed by atoms with van der Waals surface area (Å²) in [5, 5.41) is 7.73. The lowest BCUT2D eigenvalue weighted by Crippen LogP contribution is -2.55. The molecule has 4 aromatic rings. The zero-order valence-electron chi connectivity index (χ0n) is 24.0. The molecule has 0 aliphatic carbocycles. The predicted octanol–water partition coefficient (Wildman–Crippen LogP) is 5.21. The Balaban J connectivity index is 1.66. The minimum Gasteiger partial charge on any atom is -0.496 e. The third-order valence-electron chi connectivity index (χ3n) is 7.69. The van der Waals surface area contributed by atoms with E-state index in [9.17, 15) is 14.4 Å². The number of ether oxygens (including phenoxy) is 1. The van der Waals surface area contributed by atoms with Crippen LogP contribution in [-0.4, -0.2) is 50.5 Å². The lowest BCUT2D eigenvalue weighted by Gasteiger charge is -2.27. The summed E-state index contributed by atoms with van der Waals surface area (Å²) in [4.78, 5) is 44.7. The highest BCUT2D eigenvalue weighted by Crippen LogP contribution is 2.38. The second-order valence-electron chi connectivity index (χ2n) is 10.3. The third kappa shape index (κ3) is 5.62. The van der Waals surface area contributed by atoms with E-state index in [0.29, 0.717) is 22.7 Å². The van der Waals surface area contributed by atoms with Gasteiger partial charge in [-0.2, -0.15) is 0 Å². The second kappa shape index (κ2) is 12.3. The molecule has 0 bridgehead atoms. The Hall–Kier alpha value is -4.21. The minimum atomic E-state index is -0.997. The second-order valence-corrected chi connectivity index (χ2v) is 11.2. The van der Waals surface area contributed by atoms with Gasteiger partial charge in [-0.15, -0.1) is 0 Å². The zero-order chi connectivity index (χ0) is 30.0.